The first-order valence-corrected chi connectivity index (χ1v) is 6.52. The summed E-state index contributed by atoms with van der Waals surface area (Å²) in [6, 6.07) is 0.832. The van der Waals surface area contributed by atoms with E-state index in [0.717, 1.165) is 6.54 Å². The highest BCUT2D eigenvalue weighted by molar-refractivity contribution is 7.09. The summed E-state index contributed by atoms with van der Waals surface area (Å²) in [7, 11) is 0. The Morgan fingerprint density at radius 3 is 3.20 bits per heavy atom. The summed E-state index contributed by atoms with van der Waals surface area (Å²) in [5.74, 6) is 0. The molecule has 2 atom stereocenters. The van der Waals surface area contributed by atoms with Gasteiger partial charge >= 0.3 is 0 Å². The summed E-state index contributed by atoms with van der Waals surface area (Å²) in [5, 5.41) is 0. The van der Waals surface area contributed by atoms with Gasteiger partial charge < -0.3 is 5.73 Å². The summed E-state index contributed by atoms with van der Waals surface area (Å²) >= 11 is 1.74. The number of hydrogen-bond acceptors (Lipinski definition) is 4. The summed E-state index contributed by atoms with van der Waals surface area (Å²) < 4.78 is 0. The van der Waals surface area contributed by atoms with Crippen LogP contribution in [0.5, 0.6) is 0 Å². The molecule has 15 heavy (non-hydrogen) atoms. The van der Waals surface area contributed by atoms with Crippen molar-refractivity contribution in [2.45, 2.75) is 44.8 Å². The minimum atomic E-state index is 0.276. The number of rotatable bonds is 3. The van der Waals surface area contributed by atoms with E-state index < -0.39 is 0 Å². The molecule has 2 N–H and O–H groups in total. The van der Waals surface area contributed by atoms with E-state index >= 15 is 0 Å². The number of nitrogens with zero attached hydrogens (tertiary/aromatic N) is 2. The average Bonchev–Trinajstić information content (AvgIpc) is 2.71. The molecule has 2 rings (SSSR count). The molecule has 0 radical (unpaired) electrons. The monoisotopic (exact) mass is 225 g/mol. The van der Waals surface area contributed by atoms with Crippen molar-refractivity contribution in [1.82, 2.24) is 9.88 Å². The lowest BCUT2D eigenvalue weighted by Gasteiger charge is -2.37. The average molecular weight is 225 g/mol. The van der Waals surface area contributed by atoms with E-state index in [-0.39, 0.29) is 6.04 Å². The molecule has 1 aliphatic rings. The molecule has 1 aromatic heterocycles. The Morgan fingerprint density at radius 2 is 2.53 bits per heavy atom. The van der Waals surface area contributed by atoms with Crippen LogP contribution < -0.4 is 5.73 Å². The minimum Gasteiger partial charge on any atom is -0.327 e. The first-order chi connectivity index (χ1) is 7.27. The Balaban J connectivity index is 1.99. The van der Waals surface area contributed by atoms with Gasteiger partial charge in [0.1, 0.15) is 0 Å². The maximum atomic E-state index is 6.03. The third-order valence-corrected chi connectivity index (χ3v) is 3.88. The fourth-order valence-corrected chi connectivity index (χ4v) is 2.95. The maximum Gasteiger partial charge on any atom is 0.0794 e. The molecule has 3 nitrogen and oxygen atoms in total. The number of hydrogen-bond donors (Lipinski definition) is 1. The van der Waals surface area contributed by atoms with Gasteiger partial charge in [0.15, 0.2) is 0 Å². The molecular weight excluding hydrogens is 206 g/mol. The molecule has 84 valence electrons. The molecule has 0 amide bonds. The van der Waals surface area contributed by atoms with Gasteiger partial charge in [-0.15, -0.1) is 11.3 Å². The smallest absolute Gasteiger partial charge is 0.0794 e. The predicted molar refractivity (Wildman–Crippen MR) is 63.8 cm³/mol. The van der Waals surface area contributed by atoms with Gasteiger partial charge in [0.2, 0.25) is 0 Å². The second-order valence-electron chi connectivity index (χ2n) is 4.36. The second kappa shape index (κ2) is 5.05. The van der Waals surface area contributed by atoms with Crippen LogP contribution in [0.25, 0.3) is 0 Å². The number of piperidine rings is 1. The quantitative estimate of drug-likeness (QED) is 0.853. The fourth-order valence-electron chi connectivity index (χ4n) is 2.33. The summed E-state index contributed by atoms with van der Waals surface area (Å²) in [6.45, 7) is 4.33. The molecule has 1 saturated heterocycles. The van der Waals surface area contributed by atoms with Gasteiger partial charge in [-0.25, -0.2) is 0 Å². The Labute approximate surface area is 95.3 Å². The topological polar surface area (TPSA) is 42.1 Å². The van der Waals surface area contributed by atoms with Gasteiger partial charge in [0, 0.05) is 29.7 Å². The Bertz CT molecular complexity index is 284. The predicted octanol–water partition coefficient (Wildman–Crippen LogP) is 1.84. The Hall–Kier alpha value is -0.450. The largest absolute Gasteiger partial charge is 0.327 e. The van der Waals surface area contributed by atoms with Gasteiger partial charge in [-0.3, -0.25) is 9.88 Å². The zero-order valence-electron chi connectivity index (χ0n) is 9.22. The van der Waals surface area contributed by atoms with E-state index in [9.17, 15) is 0 Å². The summed E-state index contributed by atoms with van der Waals surface area (Å²) in [4.78, 5) is 7.98. The molecule has 2 heterocycles. The minimum absolute atomic E-state index is 0.276. The van der Waals surface area contributed by atoms with Gasteiger partial charge in [-0.1, -0.05) is 6.42 Å². The fraction of sp³-hybridized carbons (Fsp3) is 0.727. The first-order valence-electron chi connectivity index (χ1n) is 5.64. The van der Waals surface area contributed by atoms with E-state index in [0.29, 0.717) is 6.04 Å². The third-order valence-electron chi connectivity index (χ3n) is 3.11. The Kier molecular flexibility index (Phi) is 3.72. The van der Waals surface area contributed by atoms with Gasteiger partial charge in [-0.05, 0) is 26.3 Å². The van der Waals surface area contributed by atoms with Crippen LogP contribution in [0.15, 0.2) is 11.7 Å². The van der Waals surface area contributed by atoms with E-state index in [2.05, 4.69) is 16.8 Å². The van der Waals surface area contributed by atoms with Crippen LogP contribution in [-0.2, 0) is 6.54 Å². The van der Waals surface area contributed by atoms with E-state index in [4.69, 9.17) is 5.73 Å². The van der Waals surface area contributed by atoms with Crippen LogP contribution in [0.4, 0.5) is 0 Å². The van der Waals surface area contributed by atoms with Crippen molar-refractivity contribution in [3.8, 4) is 0 Å². The molecule has 0 aromatic carbocycles. The van der Waals surface area contributed by atoms with Crippen LogP contribution in [0.1, 0.15) is 31.1 Å². The molecule has 0 saturated carbocycles. The molecule has 0 bridgehead atoms. The van der Waals surface area contributed by atoms with Gasteiger partial charge in [0.05, 0.1) is 5.51 Å². The van der Waals surface area contributed by atoms with Crippen LogP contribution >= 0.6 is 11.3 Å². The number of likely N-dealkylation sites (tertiary alicyclic amines) is 1. The second-order valence-corrected chi connectivity index (χ2v) is 5.33. The third kappa shape index (κ3) is 2.77. The first kappa shape index (κ1) is 11.0. The number of nitrogens with two attached hydrogens (primary N) is 1. The number of aromatic nitrogens is 1. The molecule has 2 unspecified atom stereocenters. The van der Waals surface area contributed by atoms with Crippen molar-refractivity contribution < 1.29 is 0 Å². The molecule has 0 spiro atoms. The molecule has 1 fully saturated rings. The zero-order chi connectivity index (χ0) is 10.7. The van der Waals surface area contributed by atoms with Crippen molar-refractivity contribution in [2.24, 2.45) is 5.73 Å². The lowest BCUT2D eigenvalue weighted by atomic mass is 9.97. The molecular formula is C11H19N3S. The van der Waals surface area contributed by atoms with Crippen LogP contribution in [-0.4, -0.2) is 28.5 Å². The van der Waals surface area contributed by atoms with Crippen LogP contribution in [0.2, 0.25) is 0 Å². The molecule has 1 aromatic rings. The zero-order valence-corrected chi connectivity index (χ0v) is 10.0. The van der Waals surface area contributed by atoms with Crippen molar-refractivity contribution in [3.63, 3.8) is 0 Å². The van der Waals surface area contributed by atoms with Gasteiger partial charge in [-0.2, -0.15) is 0 Å². The molecule has 1 aliphatic heterocycles. The van der Waals surface area contributed by atoms with Crippen LogP contribution in [0.3, 0.4) is 0 Å². The SMILES string of the molecule is CC(N)C1CCCCN1Cc1cncs1. The summed E-state index contributed by atoms with van der Waals surface area (Å²) in [6.07, 6.45) is 5.85. The highest BCUT2D eigenvalue weighted by Crippen LogP contribution is 2.22. The molecule has 0 aliphatic carbocycles. The molecule has 4 heteroatoms. The Morgan fingerprint density at radius 1 is 1.67 bits per heavy atom. The van der Waals surface area contributed by atoms with Crippen molar-refractivity contribution in [1.29, 1.82) is 0 Å². The van der Waals surface area contributed by atoms with Crippen molar-refractivity contribution in [3.05, 3.63) is 16.6 Å². The highest BCUT2D eigenvalue weighted by atomic mass is 32.1. The van der Waals surface area contributed by atoms with Crippen molar-refractivity contribution in [2.75, 3.05) is 6.54 Å². The van der Waals surface area contributed by atoms with E-state index in [1.807, 2.05) is 11.7 Å². The normalized spacial score (nSPS) is 25.3. The number of thiazole rings is 1. The highest BCUT2D eigenvalue weighted by Gasteiger charge is 2.25. The van der Waals surface area contributed by atoms with Gasteiger partial charge in [0.25, 0.3) is 0 Å². The standard InChI is InChI=1S/C11H19N3S/c1-9(12)11-4-2-3-5-14(11)7-10-6-13-8-15-10/h6,8-9,11H,2-5,7,12H2,1H3. The lowest BCUT2D eigenvalue weighted by molar-refractivity contribution is 0.124. The van der Waals surface area contributed by atoms with E-state index in [1.54, 1.807) is 11.3 Å². The summed E-state index contributed by atoms with van der Waals surface area (Å²) in [5.41, 5.74) is 7.94. The van der Waals surface area contributed by atoms with Crippen LogP contribution in [0, 0.1) is 0 Å². The van der Waals surface area contributed by atoms with E-state index in [1.165, 1.54) is 30.7 Å². The maximum absolute atomic E-state index is 6.03. The van der Waals surface area contributed by atoms with Crippen molar-refractivity contribution >= 4 is 11.3 Å². The lowest BCUT2D eigenvalue weighted by Crippen LogP contribution is -2.48.